The third kappa shape index (κ3) is 3.89. The molecule has 3 nitrogen and oxygen atoms in total. The molecule has 20 heavy (non-hydrogen) atoms. The molecule has 1 aromatic rings. The Hall–Kier alpha value is -0.740. The van der Waals surface area contributed by atoms with Crippen LogP contribution in [0.25, 0.3) is 0 Å². The second-order valence-electron chi connectivity index (χ2n) is 5.56. The Morgan fingerprint density at radius 2 is 1.55 bits per heavy atom. The van der Waals surface area contributed by atoms with E-state index in [1.807, 2.05) is 0 Å². The van der Waals surface area contributed by atoms with Gasteiger partial charge in [-0.2, -0.15) is 0 Å². The van der Waals surface area contributed by atoms with E-state index in [0.717, 1.165) is 18.6 Å². The first-order valence-electron chi connectivity index (χ1n) is 7.10. The lowest BCUT2D eigenvalue weighted by atomic mass is 10.1. The summed E-state index contributed by atoms with van der Waals surface area (Å²) in [6.07, 6.45) is 7.37. The van der Waals surface area contributed by atoms with E-state index in [-0.39, 0.29) is 11.0 Å². The minimum atomic E-state index is -3.70. The average Bonchev–Trinajstić information content (AvgIpc) is 2.54. The standard InChI is InChI=1S/C15H21ClO3S/c1-11-9-14(10-12(2)15(11)20(16,17)18)19-13-7-5-3-4-6-8-13/h9-10,13H,3-8H2,1-2H3. The smallest absolute Gasteiger partial charge is 0.261 e. The molecule has 1 aromatic carbocycles. The molecule has 2 rings (SSSR count). The highest BCUT2D eigenvalue weighted by Crippen LogP contribution is 2.30. The van der Waals surface area contributed by atoms with Crippen molar-refractivity contribution in [2.75, 3.05) is 0 Å². The predicted octanol–water partition coefficient (Wildman–Crippen LogP) is 4.33. The van der Waals surface area contributed by atoms with Crippen molar-refractivity contribution >= 4 is 19.7 Å². The normalized spacial score (nSPS) is 17.8. The maximum Gasteiger partial charge on any atom is 0.261 e. The lowest BCUT2D eigenvalue weighted by Gasteiger charge is -2.18. The molecule has 1 aliphatic rings. The summed E-state index contributed by atoms with van der Waals surface area (Å²) in [6, 6.07) is 3.54. The summed E-state index contributed by atoms with van der Waals surface area (Å²) in [4.78, 5) is 0.201. The molecule has 0 amide bonds. The van der Waals surface area contributed by atoms with Gasteiger partial charge >= 0.3 is 0 Å². The van der Waals surface area contributed by atoms with Crippen molar-refractivity contribution in [3.8, 4) is 5.75 Å². The Morgan fingerprint density at radius 1 is 1.05 bits per heavy atom. The molecule has 0 heterocycles. The van der Waals surface area contributed by atoms with Crippen LogP contribution in [0.2, 0.25) is 0 Å². The summed E-state index contributed by atoms with van der Waals surface area (Å²) >= 11 is 0. The quantitative estimate of drug-likeness (QED) is 0.615. The Kier molecular flexibility index (Phi) is 4.97. The van der Waals surface area contributed by atoms with Gasteiger partial charge in [0, 0.05) is 10.7 Å². The van der Waals surface area contributed by atoms with Gasteiger partial charge in [0.25, 0.3) is 9.05 Å². The van der Waals surface area contributed by atoms with E-state index in [1.54, 1.807) is 26.0 Å². The summed E-state index contributed by atoms with van der Waals surface area (Å²) in [7, 11) is 1.76. The Bertz CT molecular complexity index is 550. The zero-order valence-corrected chi connectivity index (χ0v) is 13.6. The summed E-state index contributed by atoms with van der Waals surface area (Å²) in [5, 5.41) is 0. The SMILES string of the molecule is Cc1cc(OC2CCCCCC2)cc(C)c1S(=O)(=O)Cl. The van der Waals surface area contributed by atoms with Crippen molar-refractivity contribution in [3.05, 3.63) is 23.3 Å². The average molecular weight is 317 g/mol. The van der Waals surface area contributed by atoms with Crippen LogP contribution in [0.4, 0.5) is 0 Å². The summed E-state index contributed by atoms with van der Waals surface area (Å²) in [5.41, 5.74) is 1.28. The molecule has 0 radical (unpaired) electrons. The molecule has 0 atom stereocenters. The van der Waals surface area contributed by atoms with Crippen molar-refractivity contribution < 1.29 is 13.2 Å². The summed E-state index contributed by atoms with van der Waals surface area (Å²) < 4.78 is 29.1. The molecule has 0 unspecified atom stereocenters. The van der Waals surface area contributed by atoms with Gasteiger partial charge in [0.1, 0.15) is 5.75 Å². The van der Waals surface area contributed by atoms with Crippen LogP contribution in [-0.4, -0.2) is 14.5 Å². The highest BCUT2D eigenvalue weighted by molar-refractivity contribution is 8.13. The van der Waals surface area contributed by atoms with Gasteiger partial charge in [0.05, 0.1) is 11.0 Å². The van der Waals surface area contributed by atoms with Crippen LogP contribution in [0.3, 0.4) is 0 Å². The van der Waals surface area contributed by atoms with Gasteiger partial charge in [0.2, 0.25) is 0 Å². The van der Waals surface area contributed by atoms with Crippen molar-refractivity contribution in [2.45, 2.75) is 63.4 Å². The molecule has 0 spiro atoms. The molecule has 112 valence electrons. The van der Waals surface area contributed by atoms with Crippen LogP contribution < -0.4 is 4.74 Å². The van der Waals surface area contributed by atoms with Crippen LogP contribution >= 0.6 is 10.7 Å². The monoisotopic (exact) mass is 316 g/mol. The molecule has 0 N–H and O–H groups in total. The molecular weight excluding hydrogens is 296 g/mol. The van der Waals surface area contributed by atoms with Crippen LogP contribution in [0.5, 0.6) is 5.75 Å². The lowest BCUT2D eigenvalue weighted by molar-refractivity contribution is 0.183. The van der Waals surface area contributed by atoms with Crippen molar-refractivity contribution in [3.63, 3.8) is 0 Å². The van der Waals surface area contributed by atoms with Gasteiger partial charge in [-0.05, 0) is 62.8 Å². The Balaban J connectivity index is 2.22. The number of aryl methyl sites for hydroxylation is 2. The van der Waals surface area contributed by atoms with Crippen molar-refractivity contribution in [1.82, 2.24) is 0 Å². The van der Waals surface area contributed by atoms with Gasteiger partial charge in [-0.25, -0.2) is 8.42 Å². The highest BCUT2D eigenvalue weighted by atomic mass is 35.7. The van der Waals surface area contributed by atoms with E-state index in [1.165, 1.54) is 25.7 Å². The van der Waals surface area contributed by atoms with Crippen LogP contribution in [0.1, 0.15) is 49.7 Å². The minimum absolute atomic E-state index is 0.201. The van der Waals surface area contributed by atoms with Crippen molar-refractivity contribution in [2.24, 2.45) is 0 Å². The van der Waals surface area contributed by atoms with Crippen LogP contribution in [0.15, 0.2) is 17.0 Å². The maximum absolute atomic E-state index is 11.5. The highest BCUT2D eigenvalue weighted by Gasteiger charge is 2.19. The third-order valence-electron chi connectivity index (χ3n) is 3.78. The van der Waals surface area contributed by atoms with E-state index in [2.05, 4.69) is 0 Å². The molecule has 1 aliphatic carbocycles. The van der Waals surface area contributed by atoms with Gasteiger partial charge in [0.15, 0.2) is 0 Å². The maximum atomic E-state index is 11.5. The molecule has 0 aliphatic heterocycles. The summed E-state index contributed by atoms with van der Waals surface area (Å²) in [6.45, 7) is 3.50. The molecule has 0 aromatic heterocycles. The van der Waals surface area contributed by atoms with E-state index in [0.29, 0.717) is 11.1 Å². The van der Waals surface area contributed by atoms with E-state index >= 15 is 0 Å². The fourth-order valence-corrected chi connectivity index (χ4v) is 4.53. The molecule has 0 saturated heterocycles. The zero-order chi connectivity index (χ0) is 14.8. The largest absolute Gasteiger partial charge is 0.490 e. The molecule has 1 fully saturated rings. The van der Waals surface area contributed by atoms with Crippen molar-refractivity contribution in [1.29, 1.82) is 0 Å². The Labute approximate surface area is 125 Å². The van der Waals surface area contributed by atoms with Gasteiger partial charge in [-0.1, -0.05) is 12.8 Å². The fourth-order valence-electron chi connectivity index (χ4n) is 2.92. The molecular formula is C15H21ClO3S. The van der Waals surface area contributed by atoms with E-state index in [9.17, 15) is 8.42 Å². The number of benzene rings is 1. The van der Waals surface area contributed by atoms with Gasteiger partial charge in [-0.15, -0.1) is 0 Å². The predicted molar refractivity (Wildman–Crippen MR) is 81.1 cm³/mol. The second-order valence-corrected chi connectivity index (χ2v) is 8.06. The first-order valence-corrected chi connectivity index (χ1v) is 9.41. The number of ether oxygens (including phenoxy) is 1. The fraction of sp³-hybridized carbons (Fsp3) is 0.600. The number of rotatable bonds is 3. The van der Waals surface area contributed by atoms with E-state index in [4.69, 9.17) is 15.4 Å². The number of hydrogen-bond acceptors (Lipinski definition) is 3. The topological polar surface area (TPSA) is 43.4 Å². The third-order valence-corrected chi connectivity index (χ3v) is 5.38. The number of halogens is 1. The lowest BCUT2D eigenvalue weighted by Crippen LogP contribution is -2.15. The number of hydrogen-bond donors (Lipinski definition) is 0. The first-order chi connectivity index (χ1) is 9.38. The summed E-state index contributed by atoms with van der Waals surface area (Å²) in [5.74, 6) is 0.746. The first kappa shape index (κ1) is 15.6. The molecule has 0 bridgehead atoms. The van der Waals surface area contributed by atoms with Crippen LogP contribution in [0, 0.1) is 13.8 Å². The van der Waals surface area contributed by atoms with Crippen LogP contribution in [-0.2, 0) is 9.05 Å². The van der Waals surface area contributed by atoms with E-state index < -0.39 is 9.05 Å². The van der Waals surface area contributed by atoms with Gasteiger partial charge < -0.3 is 4.74 Å². The minimum Gasteiger partial charge on any atom is -0.490 e. The second kappa shape index (κ2) is 6.35. The molecule has 5 heteroatoms. The molecule has 1 saturated carbocycles. The Morgan fingerprint density at radius 3 is 2.00 bits per heavy atom. The zero-order valence-electron chi connectivity index (χ0n) is 12.0. The van der Waals surface area contributed by atoms with Gasteiger partial charge in [-0.3, -0.25) is 0 Å².